The number of carbonyl (C=O) groups excluding carboxylic acids is 1. The first-order valence-electron chi connectivity index (χ1n) is 6.02. The zero-order valence-electron chi connectivity index (χ0n) is 10.4. The lowest BCUT2D eigenvalue weighted by Gasteiger charge is -2.18. The molecule has 0 fully saturated rings. The molecule has 0 aromatic heterocycles. The largest absolute Gasteiger partial charge is 0.486 e. The predicted molar refractivity (Wildman–Crippen MR) is 65.8 cm³/mol. The fraction of sp³-hybridized carbons (Fsp3) is 0.462. The van der Waals surface area contributed by atoms with Gasteiger partial charge in [-0.15, -0.1) is 0 Å². The second-order valence-electron chi connectivity index (χ2n) is 3.89. The molecule has 1 aromatic rings. The molecule has 0 atom stereocenters. The molecule has 0 saturated heterocycles. The van der Waals surface area contributed by atoms with Crippen molar-refractivity contribution < 1.29 is 19.0 Å². The highest BCUT2D eigenvalue weighted by Crippen LogP contribution is 2.30. The first-order chi connectivity index (χ1) is 8.79. The van der Waals surface area contributed by atoms with Crippen LogP contribution in [-0.2, 0) is 16.1 Å². The average Bonchev–Trinajstić information content (AvgIpc) is 2.42. The van der Waals surface area contributed by atoms with Crippen molar-refractivity contribution in [2.45, 2.75) is 13.5 Å². The molecule has 18 heavy (non-hydrogen) atoms. The molecule has 0 unspecified atom stereocenters. The summed E-state index contributed by atoms with van der Waals surface area (Å²) in [5.41, 5.74) is 0.976. The van der Waals surface area contributed by atoms with Crippen LogP contribution in [0.5, 0.6) is 11.5 Å². The Morgan fingerprint density at radius 2 is 2.11 bits per heavy atom. The van der Waals surface area contributed by atoms with E-state index >= 15 is 0 Å². The van der Waals surface area contributed by atoms with Gasteiger partial charge in [-0.1, -0.05) is 6.07 Å². The molecule has 0 spiro atoms. The lowest BCUT2D eigenvalue weighted by molar-refractivity contribution is -0.125. The van der Waals surface area contributed by atoms with Crippen LogP contribution in [0.4, 0.5) is 0 Å². The summed E-state index contributed by atoms with van der Waals surface area (Å²) >= 11 is 0. The molecular formula is C13H17NO4. The van der Waals surface area contributed by atoms with Gasteiger partial charge in [-0.2, -0.15) is 0 Å². The van der Waals surface area contributed by atoms with Crippen molar-refractivity contribution in [3.05, 3.63) is 23.8 Å². The van der Waals surface area contributed by atoms with E-state index in [1.54, 1.807) is 0 Å². The van der Waals surface area contributed by atoms with Crippen molar-refractivity contribution in [2.24, 2.45) is 0 Å². The van der Waals surface area contributed by atoms with Gasteiger partial charge in [0.2, 0.25) is 5.91 Å². The van der Waals surface area contributed by atoms with Crippen LogP contribution in [-0.4, -0.2) is 32.3 Å². The zero-order chi connectivity index (χ0) is 12.8. The van der Waals surface area contributed by atoms with Crippen molar-refractivity contribution in [1.82, 2.24) is 5.32 Å². The van der Waals surface area contributed by atoms with E-state index in [-0.39, 0.29) is 12.5 Å². The minimum Gasteiger partial charge on any atom is -0.486 e. The minimum atomic E-state index is -0.119. The fourth-order valence-electron chi connectivity index (χ4n) is 1.64. The van der Waals surface area contributed by atoms with E-state index < -0.39 is 0 Å². The second-order valence-corrected chi connectivity index (χ2v) is 3.89. The van der Waals surface area contributed by atoms with Crippen LogP contribution in [0.2, 0.25) is 0 Å². The predicted octanol–water partition coefficient (Wildman–Crippen LogP) is 1.11. The Kier molecular flexibility index (Phi) is 4.41. The second kappa shape index (κ2) is 6.26. The van der Waals surface area contributed by atoms with Crippen molar-refractivity contribution in [1.29, 1.82) is 0 Å². The molecule has 5 heteroatoms. The van der Waals surface area contributed by atoms with Crippen LogP contribution >= 0.6 is 0 Å². The Bertz CT molecular complexity index is 419. The van der Waals surface area contributed by atoms with E-state index in [4.69, 9.17) is 14.2 Å². The minimum absolute atomic E-state index is 0.0983. The van der Waals surface area contributed by atoms with Crippen molar-refractivity contribution in [2.75, 3.05) is 26.4 Å². The van der Waals surface area contributed by atoms with Gasteiger partial charge in [-0.3, -0.25) is 4.79 Å². The number of nitrogens with one attached hydrogen (secondary N) is 1. The number of hydrogen-bond donors (Lipinski definition) is 1. The Balaban J connectivity index is 1.88. The number of carbonyl (C=O) groups is 1. The van der Waals surface area contributed by atoms with E-state index in [1.807, 2.05) is 25.1 Å². The highest BCUT2D eigenvalue weighted by molar-refractivity contribution is 5.77. The van der Waals surface area contributed by atoms with Crippen LogP contribution in [0.15, 0.2) is 18.2 Å². The van der Waals surface area contributed by atoms with Crippen LogP contribution in [0.3, 0.4) is 0 Å². The van der Waals surface area contributed by atoms with Gasteiger partial charge in [0.15, 0.2) is 11.5 Å². The number of amides is 1. The Labute approximate surface area is 106 Å². The lowest BCUT2D eigenvalue weighted by Crippen LogP contribution is -2.27. The van der Waals surface area contributed by atoms with Gasteiger partial charge in [0.25, 0.3) is 0 Å². The molecule has 98 valence electrons. The summed E-state index contributed by atoms with van der Waals surface area (Å²) in [6, 6.07) is 5.66. The van der Waals surface area contributed by atoms with E-state index in [2.05, 4.69) is 5.32 Å². The molecule has 1 amide bonds. The quantitative estimate of drug-likeness (QED) is 0.851. The zero-order valence-corrected chi connectivity index (χ0v) is 10.4. The SMILES string of the molecule is CCOCC(=O)NCc1ccc2c(c1)OCCO2. The van der Waals surface area contributed by atoms with Gasteiger partial charge in [0.05, 0.1) is 0 Å². The van der Waals surface area contributed by atoms with Crippen LogP contribution in [0.1, 0.15) is 12.5 Å². The molecule has 1 aliphatic rings. The van der Waals surface area contributed by atoms with Gasteiger partial charge < -0.3 is 19.5 Å². The first kappa shape index (κ1) is 12.7. The van der Waals surface area contributed by atoms with Gasteiger partial charge in [-0.05, 0) is 24.6 Å². The van der Waals surface area contributed by atoms with E-state index in [0.717, 1.165) is 17.1 Å². The van der Waals surface area contributed by atoms with Crippen LogP contribution in [0.25, 0.3) is 0 Å². The maximum Gasteiger partial charge on any atom is 0.246 e. The average molecular weight is 251 g/mol. The van der Waals surface area contributed by atoms with E-state index in [0.29, 0.717) is 26.4 Å². The Morgan fingerprint density at radius 3 is 2.89 bits per heavy atom. The van der Waals surface area contributed by atoms with E-state index in [9.17, 15) is 4.79 Å². The molecule has 1 aromatic carbocycles. The van der Waals surface area contributed by atoms with Gasteiger partial charge in [-0.25, -0.2) is 0 Å². The normalized spacial score (nSPS) is 13.2. The third-order valence-electron chi connectivity index (χ3n) is 2.53. The standard InChI is InChI=1S/C13H17NO4/c1-2-16-9-13(15)14-8-10-3-4-11-12(7-10)18-6-5-17-11/h3-4,7H,2,5-6,8-9H2,1H3,(H,14,15). The third-order valence-corrected chi connectivity index (χ3v) is 2.53. The lowest BCUT2D eigenvalue weighted by atomic mass is 10.2. The molecule has 0 bridgehead atoms. The number of rotatable bonds is 5. The molecule has 1 heterocycles. The van der Waals surface area contributed by atoms with Crippen molar-refractivity contribution in [3.8, 4) is 11.5 Å². The summed E-state index contributed by atoms with van der Waals surface area (Å²) in [6.07, 6.45) is 0. The first-order valence-corrected chi connectivity index (χ1v) is 6.02. The fourth-order valence-corrected chi connectivity index (χ4v) is 1.64. The molecule has 1 aliphatic heterocycles. The number of fused-ring (bicyclic) bond motifs is 1. The van der Waals surface area contributed by atoms with E-state index in [1.165, 1.54) is 0 Å². The molecular weight excluding hydrogens is 234 g/mol. The monoisotopic (exact) mass is 251 g/mol. The van der Waals surface area contributed by atoms with Gasteiger partial charge in [0.1, 0.15) is 19.8 Å². The summed E-state index contributed by atoms with van der Waals surface area (Å²) in [5.74, 6) is 1.37. The van der Waals surface area contributed by atoms with Gasteiger partial charge >= 0.3 is 0 Å². The summed E-state index contributed by atoms with van der Waals surface area (Å²) in [5, 5.41) is 2.78. The molecule has 2 rings (SSSR count). The Morgan fingerprint density at radius 1 is 1.33 bits per heavy atom. The maximum atomic E-state index is 11.4. The molecule has 5 nitrogen and oxygen atoms in total. The van der Waals surface area contributed by atoms with Crippen molar-refractivity contribution >= 4 is 5.91 Å². The number of ether oxygens (including phenoxy) is 3. The molecule has 1 N–H and O–H groups in total. The van der Waals surface area contributed by atoms with Crippen LogP contribution in [0, 0.1) is 0 Å². The number of benzene rings is 1. The Hall–Kier alpha value is -1.75. The van der Waals surface area contributed by atoms with Gasteiger partial charge in [0, 0.05) is 13.2 Å². The van der Waals surface area contributed by atoms with Crippen molar-refractivity contribution in [3.63, 3.8) is 0 Å². The summed E-state index contributed by atoms with van der Waals surface area (Å²) < 4.78 is 15.9. The summed E-state index contributed by atoms with van der Waals surface area (Å²) in [6.45, 7) is 4.10. The summed E-state index contributed by atoms with van der Waals surface area (Å²) in [7, 11) is 0. The molecule has 0 radical (unpaired) electrons. The van der Waals surface area contributed by atoms with Crippen LogP contribution < -0.4 is 14.8 Å². The molecule has 0 saturated carbocycles. The topological polar surface area (TPSA) is 56.8 Å². The molecule has 0 aliphatic carbocycles. The summed E-state index contributed by atoms with van der Waals surface area (Å²) in [4.78, 5) is 11.4. The highest BCUT2D eigenvalue weighted by Gasteiger charge is 2.11. The highest BCUT2D eigenvalue weighted by atomic mass is 16.6. The maximum absolute atomic E-state index is 11.4. The number of hydrogen-bond acceptors (Lipinski definition) is 4. The third kappa shape index (κ3) is 3.37. The smallest absolute Gasteiger partial charge is 0.246 e.